The fraction of sp³-hybridized carbons (Fsp3) is 0.250. The van der Waals surface area contributed by atoms with Crippen LogP contribution >= 0.6 is 11.3 Å². The fourth-order valence-corrected chi connectivity index (χ4v) is 7.11. The van der Waals surface area contributed by atoms with Crippen LogP contribution in [-0.4, -0.2) is 45.6 Å². The number of fused-ring (bicyclic) bond motifs is 1. The number of sulfone groups is 1. The Labute approximate surface area is 189 Å². The topological polar surface area (TPSA) is 131 Å². The molecule has 0 bridgehead atoms. The van der Waals surface area contributed by atoms with Gasteiger partial charge in [0, 0.05) is 11.8 Å². The molecule has 0 atom stereocenters. The number of hydrogen-bond acceptors (Lipinski definition) is 8. The number of nitrogens with one attached hydrogen (secondary N) is 1. The second-order valence-corrected chi connectivity index (χ2v) is 13.0. The molecule has 4 rings (SSSR count). The number of benzene rings is 2. The second-order valence-electron chi connectivity index (χ2n) is 8.13. The summed E-state index contributed by atoms with van der Waals surface area (Å²) < 4.78 is 49.8. The van der Waals surface area contributed by atoms with E-state index in [4.69, 9.17) is 0 Å². The molecule has 9 nitrogen and oxygen atoms in total. The molecule has 0 unspecified atom stereocenters. The molecule has 2 heterocycles. The molecule has 1 aliphatic heterocycles. The summed E-state index contributed by atoms with van der Waals surface area (Å²) in [6.45, 7) is 3.12. The predicted molar refractivity (Wildman–Crippen MR) is 122 cm³/mol. The Kier molecular flexibility index (Phi) is 5.14. The summed E-state index contributed by atoms with van der Waals surface area (Å²) in [6.07, 6.45) is 1.11. The first-order valence-corrected chi connectivity index (χ1v) is 13.7. The van der Waals surface area contributed by atoms with Gasteiger partial charge >= 0.3 is 0 Å². The standard InChI is InChI=1S/C20H19N3O6S3/c1-20(2)11-32(28,29)23(18(20)25)13-6-4-5-12(9-13)17(24)22-19-21-15-8-7-14(31(3,26)27)10-16(15)30-19/h4-10H,11H2,1-3H3,(H,21,22,24). The minimum Gasteiger partial charge on any atom is -0.298 e. The number of carbonyl (C=O) groups excluding carboxylic acids is 2. The van der Waals surface area contributed by atoms with Crippen molar-refractivity contribution in [1.82, 2.24) is 4.98 Å². The molecule has 2 aromatic carbocycles. The third-order valence-electron chi connectivity index (χ3n) is 4.94. The number of thiazole rings is 1. The van der Waals surface area contributed by atoms with E-state index in [0.29, 0.717) is 10.2 Å². The van der Waals surface area contributed by atoms with E-state index in [1.165, 1.54) is 36.4 Å². The molecule has 1 saturated heterocycles. The summed E-state index contributed by atoms with van der Waals surface area (Å²) in [6, 6.07) is 10.3. The molecule has 1 aromatic heterocycles. The number of rotatable bonds is 4. The lowest BCUT2D eigenvalue weighted by atomic mass is 9.95. The fourth-order valence-electron chi connectivity index (χ4n) is 3.39. The number of nitrogens with zero attached hydrogens (tertiary/aromatic N) is 2. The summed E-state index contributed by atoms with van der Waals surface area (Å²) >= 11 is 1.11. The predicted octanol–water partition coefficient (Wildman–Crippen LogP) is 2.65. The van der Waals surface area contributed by atoms with Crippen LogP contribution in [0.3, 0.4) is 0 Å². The largest absolute Gasteiger partial charge is 0.298 e. The van der Waals surface area contributed by atoms with Crippen molar-refractivity contribution in [3.8, 4) is 0 Å². The van der Waals surface area contributed by atoms with E-state index in [9.17, 15) is 26.4 Å². The number of sulfonamides is 1. The number of aromatic nitrogens is 1. The lowest BCUT2D eigenvalue weighted by Crippen LogP contribution is -2.33. The molecular formula is C20H19N3O6S3. The molecule has 168 valence electrons. The highest BCUT2D eigenvalue weighted by molar-refractivity contribution is 7.94. The van der Waals surface area contributed by atoms with Crippen molar-refractivity contribution < 1.29 is 26.4 Å². The van der Waals surface area contributed by atoms with E-state index in [1.807, 2.05) is 0 Å². The lowest BCUT2D eigenvalue weighted by molar-refractivity contribution is -0.123. The van der Waals surface area contributed by atoms with E-state index >= 15 is 0 Å². The van der Waals surface area contributed by atoms with Crippen molar-refractivity contribution in [3.63, 3.8) is 0 Å². The van der Waals surface area contributed by atoms with Gasteiger partial charge in [0.2, 0.25) is 15.9 Å². The van der Waals surface area contributed by atoms with Crippen LogP contribution in [0.15, 0.2) is 47.4 Å². The monoisotopic (exact) mass is 493 g/mol. The van der Waals surface area contributed by atoms with Crippen LogP contribution in [0.1, 0.15) is 24.2 Å². The highest BCUT2D eigenvalue weighted by atomic mass is 32.2. The first kappa shape index (κ1) is 22.4. The van der Waals surface area contributed by atoms with Crippen molar-refractivity contribution >= 4 is 64.0 Å². The Morgan fingerprint density at radius 3 is 2.53 bits per heavy atom. The van der Waals surface area contributed by atoms with Crippen LogP contribution in [0.5, 0.6) is 0 Å². The molecule has 0 spiro atoms. The maximum Gasteiger partial charge on any atom is 0.257 e. The molecule has 0 aliphatic carbocycles. The third-order valence-corrected chi connectivity index (χ3v) is 9.00. The lowest BCUT2D eigenvalue weighted by Gasteiger charge is -2.18. The maximum atomic E-state index is 12.8. The van der Waals surface area contributed by atoms with Gasteiger partial charge in [-0.25, -0.2) is 26.1 Å². The van der Waals surface area contributed by atoms with E-state index < -0.39 is 37.1 Å². The maximum absolute atomic E-state index is 12.8. The van der Waals surface area contributed by atoms with Gasteiger partial charge < -0.3 is 0 Å². The zero-order valence-electron chi connectivity index (χ0n) is 17.3. The van der Waals surface area contributed by atoms with Crippen molar-refractivity contribution in [1.29, 1.82) is 0 Å². The summed E-state index contributed by atoms with van der Waals surface area (Å²) in [4.78, 5) is 29.8. The van der Waals surface area contributed by atoms with E-state index in [2.05, 4.69) is 10.3 Å². The highest BCUT2D eigenvalue weighted by Crippen LogP contribution is 2.36. The first-order valence-electron chi connectivity index (χ1n) is 9.37. The highest BCUT2D eigenvalue weighted by Gasteiger charge is 2.49. The molecule has 0 saturated carbocycles. The molecular weight excluding hydrogens is 474 g/mol. The van der Waals surface area contributed by atoms with E-state index in [0.717, 1.165) is 21.9 Å². The average Bonchev–Trinajstić information content (AvgIpc) is 3.14. The second kappa shape index (κ2) is 7.36. The van der Waals surface area contributed by atoms with Gasteiger partial charge in [0.15, 0.2) is 15.0 Å². The van der Waals surface area contributed by atoms with Crippen LogP contribution in [-0.2, 0) is 24.7 Å². The molecule has 1 aliphatic rings. The minimum absolute atomic E-state index is 0.0929. The number of amides is 2. The molecule has 12 heteroatoms. The molecule has 0 radical (unpaired) electrons. The molecule has 1 fully saturated rings. The summed E-state index contributed by atoms with van der Waals surface area (Å²) in [5.41, 5.74) is -0.285. The smallest absolute Gasteiger partial charge is 0.257 e. The van der Waals surface area contributed by atoms with Gasteiger partial charge in [-0.1, -0.05) is 17.4 Å². The number of anilines is 2. The number of hydrogen-bond donors (Lipinski definition) is 1. The molecule has 32 heavy (non-hydrogen) atoms. The van der Waals surface area contributed by atoms with Gasteiger partial charge in [-0.2, -0.15) is 0 Å². The third kappa shape index (κ3) is 4.00. The van der Waals surface area contributed by atoms with Crippen molar-refractivity contribution in [2.45, 2.75) is 18.7 Å². The quantitative estimate of drug-likeness (QED) is 0.591. The van der Waals surface area contributed by atoms with Crippen LogP contribution in [0, 0.1) is 5.41 Å². The zero-order valence-corrected chi connectivity index (χ0v) is 19.8. The Hall–Kier alpha value is -2.83. The summed E-state index contributed by atoms with van der Waals surface area (Å²) in [5, 5.41) is 2.89. The van der Waals surface area contributed by atoms with E-state index in [-0.39, 0.29) is 27.0 Å². The van der Waals surface area contributed by atoms with Gasteiger partial charge in [0.25, 0.3) is 5.91 Å². The van der Waals surface area contributed by atoms with Gasteiger partial charge in [-0.15, -0.1) is 0 Å². The van der Waals surface area contributed by atoms with Gasteiger partial charge in [0.1, 0.15) is 0 Å². The zero-order chi connectivity index (χ0) is 23.5. The van der Waals surface area contributed by atoms with Crippen LogP contribution in [0.25, 0.3) is 10.2 Å². The van der Waals surface area contributed by atoms with Crippen molar-refractivity contribution in [2.24, 2.45) is 5.41 Å². The van der Waals surface area contributed by atoms with Gasteiger partial charge in [0.05, 0.1) is 32.0 Å². The summed E-state index contributed by atoms with van der Waals surface area (Å²) in [5.74, 6) is -1.41. The van der Waals surface area contributed by atoms with E-state index in [1.54, 1.807) is 19.9 Å². The Morgan fingerprint density at radius 1 is 1.19 bits per heavy atom. The van der Waals surface area contributed by atoms with Gasteiger partial charge in [-0.05, 0) is 50.2 Å². The van der Waals surface area contributed by atoms with Crippen LogP contribution < -0.4 is 9.62 Å². The van der Waals surface area contributed by atoms with Crippen LogP contribution in [0.4, 0.5) is 10.8 Å². The van der Waals surface area contributed by atoms with Crippen molar-refractivity contribution in [2.75, 3.05) is 21.6 Å². The SMILES string of the molecule is CC1(C)CS(=O)(=O)N(c2cccc(C(=O)Nc3nc4ccc(S(C)(=O)=O)cc4s3)c2)C1=O. The molecule has 3 aromatic rings. The Morgan fingerprint density at radius 2 is 1.91 bits per heavy atom. The average molecular weight is 494 g/mol. The minimum atomic E-state index is -3.84. The van der Waals surface area contributed by atoms with Gasteiger partial charge in [-0.3, -0.25) is 14.9 Å². The first-order chi connectivity index (χ1) is 14.8. The van der Waals surface area contributed by atoms with Crippen LogP contribution in [0.2, 0.25) is 0 Å². The Balaban J connectivity index is 1.62. The molecule has 1 N–H and O–H groups in total. The summed E-state index contributed by atoms with van der Waals surface area (Å²) in [7, 11) is -7.22. The van der Waals surface area contributed by atoms with Crippen molar-refractivity contribution in [3.05, 3.63) is 48.0 Å². The normalized spacial score (nSPS) is 17.6. The number of carbonyl (C=O) groups is 2. The Bertz CT molecular complexity index is 1490. The molecule has 2 amide bonds.